The van der Waals surface area contributed by atoms with Crippen LogP contribution in [0.2, 0.25) is 0 Å². The zero-order valence-electron chi connectivity index (χ0n) is 33.2. The fraction of sp³-hybridized carbons (Fsp3) is 0.0169. The summed E-state index contributed by atoms with van der Waals surface area (Å²) in [5.41, 5.74) is 19.9. The monoisotopic (exact) mass is 772 g/mol. The van der Waals surface area contributed by atoms with Crippen LogP contribution in [0.4, 0.5) is 0 Å². The second kappa shape index (κ2) is 12.1. The molecule has 0 aliphatic heterocycles. The van der Waals surface area contributed by atoms with E-state index in [-0.39, 0.29) is 0 Å². The van der Waals surface area contributed by atoms with Crippen molar-refractivity contribution in [1.29, 1.82) is 0 Å². The molecule has 61 heavy (non-hydrogen) atoms. The maximum Gasteiger partial charge on any atom is 0.0726 e. The molecule has 2 aliphatic rings. The fourth-order valence-electron chi connectivity index (χ4n) is 11.5. The SMILES string of the molecule is c1ccc(-n2c3ccccc3c3c(-c4ccc(-n5c6cc7c(cc6c6cc8ccccc8cc65)-c5ccccc5C75c6ccccc6-c6ccccc65)cc4)cccc32)cc1. The lowest BCUT2D eigenvalue weighted by atomic mass is 9.70. The van der Waals surface area contributed by atoms with Gasteiger partial charge < -0.3 is 9.13 Å². The molecule has 2 heteroatoms. The van der Waals surface area contributed by atoms with E-state index in [1.165, 1.54) is 116 Å². The molecular formula is C59H36N2. The van der Waals surface area contributed by atoms with Gasteiger partial charge in [0.25, 0.3) is 0 Å². The molecule has 0 atom stereocenters. The summed E-state index contributed by atoms with van der Waals surface area (Å²) in [6.07, 6.45) is 0. The summed E-state index contributed by atoms with van der Waals surface area (Å²) in [5.74, 6) is 0. The standard InChI is InChI=1S/C59H36N2/c1-2-17-40(18-3-1)60-54-27-13-9-22-46(54)58-42(23-14-28-55(58)60)37-29-31-41(32-30-37)61-56-34-39-16-5-4-15-38(39)33-48(56)49-35-47-45-21-8-12-26-52(45)59(53(47)36-57(49)61)50-24-10-6-19-43(50)44-20-7-11-25-51(44)59/h1-36H. The molecule has 14 rings (SSSR count). The Morgan fingerprint density at radius 3 is 1.51 bits per heavy atom. The molecule has 2 aromatic heterocycles. The lowest BCUT2D eigenvalue weighted by Gasteiger charge is -2.30. The van der Waals surface area contributed by atoms with Crippen molar-refractivity contribution >= 4 is 54.4 Å². The average molecular weight is 773 g/mol. The highest BCUT2D eigenvalue weighted by Gasteiger charge is 2.51. The molecule has 0 saturated heterocycles. The van der Waals surface area contributed by atoms with Gasteiger partial charge in [0.15, 0.2) is 0 Å². The lowest BCUT2D eigenvalue weighted by Crippen LogP contribution is -2.25. The number of para-hydroxylation sites is 2. The summed E-state index contributed by atoms with van der Waals surface area (Å²) in [5, 5.41) is 7.57. The first-order chi connectivity index (χ1) is 30.3. The summed E-state index contributed by atoms with van der Waals surface area (Å²) < 4.78 is 4.92. The number of fused-ring (bicyclic) bond motifs is 17. The molecule has 2 heterocycles. The van der Waals surface area contributed by atoms with E-state index in [0.717, 1.165) is 5.69 Å². The summed E-state index contributed by atoms with van der Waals surface area (Å²) in [6.45, 7) is 0. The zero-order valence-corrected chi connectivity index (χ0v) is 33.2. The van der Waals surface area contributed by atoms with Gasteiger partial charge in [-0.3, -0.25) is 0 Å². The molecule has 0 amide bonds. The van der Waals surface area contributed by atoms with Gasteiger partial charge in [-0.1, -0.05) is 158 Å². The molecule has 12 aromatic rings. The normalized spacial score (nSPS) is 13.4. The number of hydrogen-bond acceptors (Lipinski definition) is 0. The van der Waals surface area contributed by atoms with Crippen molar-refractivity contribution < 1.29 is 0 Å². The summed E-state index contributed by atoms with van der Waals surface area (Å²) in [7, 11) is 0. The van der Waals surface area contributed by atoms with Gasteiger partial charge in [0, 0.05) is 32.9 Å². The maximum absolute atomic E-state index is 2.54. The minimum atomic E-state index is -0.416. The van der Waals surface area contributed by atoms with Gasteiger partial charge in [-0.05, 0) is 127 Å². The molecular weight excluding hydrogens is 737 g/mol. The topological polar surface area (TPSA) is 9.86 Å². The number of aromatic nitrogens is 2. The summed E-state index contributed by atoms with van der Waals surface area (Å²) >= 11 is 0. The van der Waals surface area contributed by atoms with Gasteiger partial charge in [0.1, 0.15) is 0 Å². The van der Waals surface area contributed by atoms with Crippen molar-refractivity contribution in [2.24, 2.45) is 0 Å². The van der Waals surface area contributed by atoms with Crippen molar-refractivity contribution in [3.05, 3.63) is 241 Å². The van der Waals surface area contributed by atoms with Gasteiger partial charge in [-0.2, -0.15) is 0 Å². The molecule has 10 aromatic carbocycles. The van der Waals surface area contributed by atoms with Gasteiger partial charge in [0.2, 0.25) is 0 Å². The van der Waals surface area contributed by atoms with Crippen LogP contribution in [-0.4, -0.2) is 9.13 Å². The van der Waals surface area contributed by atoms with E-state index >= 15 is 0 Å². The lowest BCUT2D eigenvalue weighted by molar-refractivity contribution is 0.794. The van der Waals surface area contributed by atoms with Crippen molar-refractivity contribution in [2.45, 2.75) is 5.41 Å². The van der Waals surface area contributed by atoms with Gasteiger partial charge >= 0.3 is 0 Å². The van der Waals surface area contributed by atoms with Crippen molar-refractivity contribution in [3.63, 3.8) is 0 Å². The molecule has 0 saturated carbocycles. The highest BCUT2D eigenvalue weighted by atomic mass is 15.0. The Kier molecular flexibility index (Phi) is 6.52. The van der Waals surface area contributed by atoms with E-state index < -0.39 is 5.41 Å². The van der Waals surface area contributed by atoms with Crippen LogP contribution in [0.3, 0.4) is 0 Å². The predicted octanol–water partition coefficient (Wildman–Crippen LogP) is 15.0. The molecule has 1 spiro atoms. The van der Waals surface area contributed by atoms with Crippen molar-refractivity contribution in [2.75, 3.05) is 0 Å². The van der Waals surface area contributed by atoms with Crippen LogP contribution >= 0.6 is 0 Å². The maximum atomic E-state index is 2.54. The third-order valence-corrected chi connectivity index (χ3v) is 13.9. The van der Waals surface area contributed by atoms with Gasteiger partial charge in [0.05, 0.1) is 27.5 Å². The Hall–Kier alpha value is -7.94. The predicted molar refractivity (Wildman–Crippen MR) is 254 cm³/mol. The third-order valence-electron chi connectivity index (χ3n) is 13.9. The van der Waals surface area contributed by atoms with E-state index in [1.807, 2.05) is 0 Å². The van der Waals surface area contributed by atoms with E-state index in [1.54, 1.807) is 0 Å². The molecule has 2 nitrogen and oxygen atoms in total. The minimum absolute atomic E-state index is 0.416. The molecule has 0 N–H and O–H groups in total. The van der Waals surface area contributed by atoms with Crippen molar-refractivity contribution in [1.82, 2.24) is 9.13 Å². The second-order valence-electron chi connectivity index (χ2n) is 16.8. The highest BCUT2D eigenvalue weighted by molar-refractivity contribution is 6.17. The zero-order chi connectivity index (χ0) is 39.8. The molecule has 0 bridgehead atoms. The quantitative estimate of drug-likeness (QED) is 0.169. The van der Waals surface area contributed by atoms with Crippen LogP contribution in [0, 0.1) is 0 Å². The molecule has 0 unspecified atom stereocenters. The first-order valence-electron chi connectivity index (χ1n) is 21.3. The van der Waals surface area contributed by atoms with Crippen LogP contribution in [0.15, 0.2) is 218 Å². The second-order valence-corrected chi connectivity index (χ2v) is 16.8. The van der Waals surface area contributed by atoms with Crippen LogP contribution < -0.4 is 0 Å². The van der Waals surface area contributed by atoms with E-state index in [0.29, 0.717) is 0 Å². The first kappa shape index (κ1) is 33.0. The number of benzene rings is 10. The van der Waals surface area contributed by atoms with E-state index in [4.69, 9.17) is 0 Å². The summed E-state index contributed by atoms with van der Waals surface area (Å²) in [6, 6.07) is 81.5. The number of nitrogens with zero attached hydrogens (tertiary/aromatic N) is 2. The fourth-order valence-corrected chi connectivity index (χ4v) is 11.5. The molecule has 282 valence electrons. The Balaban J connectivity index is 1.03. The van der Waals surface area contributed by atoms with Crippen LogP contribution in [0.1, 0.15) is 22.3 Å². The number of rotatable bonds is 3. The smallest absolute Gasteiger partial charge is 0.0726 e. The largest absolute Gasteiger partial charge is 0.309 e. The molecule has 0 fully saturated rings. The Morgan fingerprint density at radius 1 is 0.279 bits per heavy atom. The van der Waals surface area contributed by atoms with Gasteiger partial charge in [-0.15, -0.1) is 0 Å². The number of hydrogen-bond donors (Lipinski definition) is 0. The summed E-state index contributed by atoms with van der Waals surface area (Å²) in [4.78, 5) is 0. The third kappa shape index (κ3) is 4.26. The van der Waals surface area contributed by atoms with Crippen LogP contribution in [0.5, 0.6) is 0 Å². The minimum Gasteiger partial charge on any atom is -0.309 e. The molecule has 2 aliphatic carbocycles. The molecule has 0 radical (unpaired) electrons. The van der Waals surface area contributed by atoms with E-state index in [2.05, 4.69) is 228 Å². The van der Waals surface area contributed by atoms with Crippen molar-refractivity contribution in [3.8, 4) is 44.8 Å². The Labute approximate surface area is 352 Å². The Morgan fingerprint density at radius 2 is 0.787 bits per heavy atom. The Bertz CT molecular complexity index is 3760. The average Bonchev–Trinajstić information content (AvgIpc) is 4.02. The highest BCUT2D eigenvalue weighted by Crippen LogP contribution is 2.63. The van der Waals surface area contributed by atoms with Crippen LogP contribution in [-0.2, 0) is 5.41 Å². The van der Waals surface area contributed by atoms with Crippen LogP contribution in [0.25, 0.3) is 99.1 Å². The van der Waals surface area contributed by atoms with E-state index in [9.17, 15) is 0 Å². The van der Waals surface area contributed by atoms with Gasteiger partial charge in [-0.25, -0.2) is 0 Å². The first-order valence-corrected chi connectivity index (χ1v) is 21.3.